The molecule has 0 aromatic rings. The molecule has 1 heterocycles. The molecule has 1 aliphatic heterocycles. The van der Waals surface area contributed by atoms with Crippen LogP contribution in [0.1, 0.15) is 19.8 Å². The SMILES string of the molecule is CCCC(O)N1C[N+]1(C)C. The highest BCUT2D eigenvalue weighted by Gasteiger charge is 2.49. The van der Waals surface area contributed by atoms with Crippen molar-refractivity contribution in [2.75, 3.05) is 20.8 Å². The van der Waals surface area contributed by atoms with Crippen LogP contribution in [0.5, 0.6) is 0 Å². The average molecular weight is 145 g/mol. The summed E-state index contributed by atoms with van der Waals surface area (Å²) in [5.74, 6) is 0. The van der Waals surface area contributed by atoms with Gasteiger partial charge in [-0.1, -0.05) is 18.4 Å². The molecule has 10 heavy (non-hydrogen) atoms. The molecule has 60 valence electrons. The molecule has 0 aromatic carbocycles. The van der Waals surface area contributed by atoms with Crippen LogP contribution in [0.25, 0.3) is 0 Å². The van der Waals surface area contributed by atoms with Gasteiger partial charge in [-0.25, -0.2) is 4.59 Å². The number of hydrogen-bond donors (Lipinski definition) is 1. The van der Waals surface area contributed by atoms with E-state index < -0.39 is 0 Å². The van der Waals surface area contributed by atoms with Crippen LogP contribution in [-0.4, -0.2) is 41.7 Å². The minimum Gasteiger partial charge on any atom is -0.373 e. The molecular formula is C7H17N2O+. The van der Waals surface area contributed by atoms with Crippen molar-refractivity contribution < 1.29 is 9.70 Å². The van der Waals surface area contributed by atoms with Crippen molar-refractivity contribution in [1.29, 1.82) is 0 Å². The quantitative estimate of drug-likeness (QED) is 0.458. The standard InChI is InChI=1S/C7H17N2O/c1-4-5-7(10)8-6-9(8,2)3/h7,10H,4-6H2,1-3H3/q+1. The van der Waals surface area contributed by atoms with Crippen LogP contribution in [0.3, 0.4) is 0 Å². The lowest BCUT2D eigenvalue weighted by Gasteiger charge is -2.10. The number of rotatable bonds is 3. The van der Waals surface area contributed by atoms with Crippen molar-refractivity contribution in [2.24, 2.45) is 0 Å². The molecule has 2 unspecified atom stereocenters. The molecule has 3 nitrogen and oxygen atoms in total. The highest BCUT2D eigenvalue weighted by molar-refractivity contribution is 4.55. The van der Waals surface area contributed by atoms with Crippen molar-refractivity contribution in [3.8, 4) is 0 Å². The highest BCUT2D eigenvalue weighted by Crippen LogP contribution is 2.26. The lowest BCUT2D eigenvalue weighted by Crippen LogP contribution is -2.28. The van der Waals surface area contributed by atoms with Gasteiger partial charge < -0.3 is 5.11 Å². The van der Waals surface area contributed by atoms with Crippen molar-refractivity contribution in [2.45, 2.75) is 26.0 Å². The molecule has 0 radical (unpaired) electrons. The average Bonchev–Trinajstić information content (AvgIpc) is 2.41. The summed E-state index contributed by atoms with van der Waals surface area (Å²) in [6, 6.07) is 0. The van der Waals surface area contributed by atoms with Gasteiger partial charge in [0, 0.05) is 0 Å². The Hall–Kier alpha value is -0.120. The molecule has 1 saturated heterocycles. The summed E-state index contributed by atoms with van der Waals surface area (Å²) in [4.78, 5) is 0. The van der Waals surface area contributed by atoms with Crippen LogP contribution in [-0.2, 0) is 0 Å². The number of hydrogen-bond acceptors (Lipinski definition) is 2. The first-order valence-corrected chi connectivity index (χ1v) is 3.86. The van der Waals surface area contributed by atoms with Gasteiger partial charge in [0.2, 0.25) is 0 Å². The Morgan fingerprint density at radius 3 is 2.40 bits per heavy atom. The molecule has 1 rings (SSSR count). The van der Waals surface area contributed by atoms with Gasteiger partial charge in [0.05, 0.1) is 14.1 Å². The fraction of sp³-hybridized carbons (Fsp3) is 1.00. The monoisotopic (exact) mass is 145 g/mol. The Labute approximate surface area is 62.4 Å². The van der Waals surface area contributed by atoms with E-state index in [4.69, 9.17) is 0 Å². The molecule has 3 heteroatoms. The summed E-state index contributed by atoms with van der Waals surface area (Å²) < 4.78 is 0.848. The molecule has 0 bridgehead atoms. The summed E-state index contributed by atoms with van der Waals surface area (Å²) in [6.45, 7) is 3.08. The largest absolute Gasteiger partial charge is 0.373 e. The van der Waals surface area contributed by atoms with Gasteiger partial charge >= 0.3 is 0 Å². The smallest absolute Gasteiger partial charge is 0.198 e. The van der Waals surface area contributed by atoms with E-state index in [1.54, 1.807) is 0 Å². The molecule has 0 saturated carbocycles. The number of aliphatic hydroxyl groups is 1. The Balaban J connectivity index is 2.25. The van der Waals surface area contributed by atoms with Gasteiger partial charge in [0.25, 0.3) is 0 Å². The van der Waals surface area contributed by atoms with Crippen LogP contribution in [0.4, 0.5) is 0 Å². The summed E-state index contributed by atoms with van der Waals surface area (Å²) in [5.41, 5.74) is 0. The van der Waals surface area contributed by atoms with Gasteiger partial charge in [-0.2, -0.15) is 0 Å². The van der Waals surface area contributed by atoms with E-state index in [0.717, 1.165) is 24.1 Å². The molecule has 1 aliphatic rings. The summed E-state index contributed by atoms with van der Waals surface area (Å²) in [7, 11) is 4.19. The zero-order valence-corrected chi connectivity index (χ0v) is 7.04. The molecule has 2 atom stereocenters. The first-order chi connectivity index (χ1) is 4.58. The van der Waals surface area contributed by atoms with E-state index in [1.807, 2.05) is 0 Å². The Morgan fingerprint density at radius 2 is 2.10 bits per heavy atom. The summed E-state index contributed by atoms with van der Waals surface area (Å²) in [5, 5.41) is 11.5. The molecule has 0 spiro atoms. The van der Waals surface area contributed by atoms with Gasteiger partial charge in [0.1, 0.15) is 0 Å². The second-order valence-corrected chi connectivity index (χ2v) is 3.47. The van der Waals surface area contributed by atoms with Crippen LogP contribution >= 0.6 is 0 Å². The van der Waals surface area contributed by atoms with Crippen molar-refractivity contribution in [3.05, 3.63) is 0 Å². The van der Waals surface area contributed by atoms with Gasteiger partial charge in [-0.3, -0.25) is 0 Å². The van der Waals surface area contributed by atoms with Crippen molar-refractivity contribution in [1.82, 2.24) is 5.01 Å². The lowest BCUT2D eigenvalue weighted by atomic mass is 10.3. The number of aliphatic hydroxyl groups excluding tert-OH is 1. The third kappa shape index (κ3) is 1.48. The zero-order valence-electron chi connectivity index (χ0n) is 7.04. The highest BCUT2D eigenvalue weighted by atomic mass is 16.3. The molecular weight excluding hydrogens is 128 g/mol. The van der Waals surface area contributed by atoms with Gasteiger partial charge in [-0.15, -0.1) is 0 Å². The van der Waals surface area contributed by atoms with Crippen molar-refractivity contribution in [3.63, 3.8) is 0 Å². The van der Waals surface area contributed by atoms with Gasteiger partial charge in [-0.05, 0) is 6.42 Å². The van der Waals surface area contributed by atoms with E-state index in [-0.39, 0.29) is 6.23 Å². The Bertz CT molecular complexity index is 125. The molecule has 0 aromatic heterocycles. The molecule has 0 aliphatic carbocycles. The third-order valence-corrected chi connectivity index (χ3v) is 1.99. The molecule has 1 N–H and O–H groups in total. The fourth-order valence-electron chi connectivity index (χ4n) is 1.19. The van der Waals surface area contributed by atoms with Crippen LogP contribution in [0, 0.1) is 0 Å². The third-order valence-electron chi connectivity index (χ3n) is 1.99. The van der Waals surface area contributed by atoms with Crippen LogP contribution < -0.4 is 0 Å². The van der Waals surface area contributed by atoms with E-state index in [9.17, 15) is 5.11 Å². The van der Waals surface area contributed by atoms with E-state index >= 15 is 0 Å². The number of nitrogens with zero attached hydrogens (tertiary/aromatic N) is 2. The number of quaternary nitrogens is 1. The van der Waals surface area contributed by atoms with E-state index in [2.05, 4.69) is 26.0 Å². The van der Waals surface area contributed by atoms with Gasteiger partial charge in [0.15, 0.2) is 12.9 Å². The predicted molar refractivity (Wildman–Crippen MR) is 39.7 cm³/mol. The Kier molecular flexibility index (Phi) is 1.99. The van der Waals surface area contributed by atoms with E-state index in [0.29, 0.717) is 0 Å². The molecule has 0 amide bonds. The second-order valence-electron chi connectivity index (χ2n) is 3.47. The second kappa shape index (κ2) is 2.49. The summed E-state index contributed by atoms with van der Waals surface area (Å²) in [6.07, 6.45) is 1.72. The maximum Gasteiger partial charge on any atom is 0.198 e. The summed E-state index contributed by atoms with van der Waals surface area (Å²) >= 11 is 0. The minimum absolute atomic E-state index is 0.222. The predicted octanol–water partition coefficient (Wildman–Crippen LogP) is 0.369. The maximum absolute atomic E-state index is 9.43. The first kappa shape index (κ1) is 7.98. The normalized spacial score (nSPS) is 31.8. The van der Waals surface area contributed by atoms with E-state index in [1.165, 1.54) is 0 Å². The maximum atomic E-state index is 9.43. The Morgan fingerprint density at radius 1 is 1.60 bits per heavy atom. The minimum atomic E-state index is -0.222. The molecule has 1 fully saturated rings. The first-order valence-electron chi connectivity index (χ1n) is 3.86. The zero-order chi connectivity index (χ0) is 7.78. The topological polar surface area (TPSA) is 23.2 Å². The fourth-order valence-corrected chi connectivity index (χ4v) is 1.19. The van der Waals surface area contributed by atoms with Crippen molar-refractivity contribution >= 4 is 0 Å². The van der Waals surface area contributed by atoms with Crippen LogP contribution in [0.15, 0.2) is 0 Å². The lowest BCUT2D eigenvalue weighted by molar-refractivity contribution is -0.834. The van der Waals surface area contributed by atoms with Crippen LogP contribution in [0.2, 0.25) is 0 Å².